The van der Waals surface area contributed by atoms with Crippen molar-refractivity contribution < 1.29 is 22.8 Å². The van der Waals surface area contributed by atoms with E-state index in [0.29, 0.717) is 16.7 Å². The quantitative estimate of drug-likeness (QED) is 0.402. The maximum atomic E-state index is 13.2. The number of carbonyl (C=O) groups excluding carboxylic acids is 2. The first-order valence-electron chi connectivity index (χ1n) is 6.97. The highest BCUT2D eigenvalue weighted by Crippen LogP contribution is 2.27. The smallest absolute Gasteiger partial charge is 0.337 e. The van der Waals surface area contributed by atoms with E-state index in [2.05, 4.69) is 6.58 Å². The van der Waals surface area contributed by atoms with Crippen LogP contribution in [0.2, 0.25) is 0 Å². The average Bonchev–Trinajstić information content (AvgIpc) is 2.45. The van der Waals surface area contributed by atoms with Crippen LogP contribution in [0.1, 0.15) is 38.8 Å². The molecule has 1 N–H and O–H groups in total. The lowest BCUT2D eigenvalue weighted by Gasteiger charge is -2.23. The molecule has 0 aromatic heterocycles. The van der Waals surface area contributed by atoms with Crippen molar-refractivity contribution >= 4 is 32.3 Å². The third kappa shape index (κ3) is 4.68. The number of amides is 1. The van der Waals surface area contributed by atoms with Gasteiger partial charge in [0, 0.05) is 33.7 Å². The van der Waals surface area contributed by atoms with Gasteiger partial charge in [0.05, 0.1) is 0 Å². The Morgan fingerprint density at radius 3 is 2.17 bits per heavy atom. The first kappa shape index (κ1) is 20.4. The highest BCUT2D eigenvalue weighted by atomic mass is 127. The fraction of sp³-hybridized carbons (Fsp3) is 0.294. The fourth-order valence-corrected chi connectivity index (χ4v) is 2.81. The Labute approximate surface area is 152 Å². The number of nitrogens with one attached hydrogen (secondary N) is 1. The molecule has 0 radical (unpaired) electrons. The molecule has 24 heavy (non-hydrogen) atoms. The molecule has 0 heterocycles. The van der Waals surface area contributed by atoms with Crippen molar-refractivity contribution in [2.24, 2.45) is 0 Å². The Hall–Kier alpha value is -1.64. The summed E-state index contributed by atoms with van der Waals surface area (Å²) in [5.74, 6) is -0.845. The van der Waals surface area contributed by atoms with Crippen LogP contribution in [0.25, 0.3) is 0 Å². The summed E-state index contributed by atoms with van der Waals surface area (Å²) in [6, 6.07) is 0.707. The summed E-state index contributed by atoms with van der Waals surface area (Å²) in [5, 5.41) is 2.01. The summed E-state index contributed by atoms with van der Waals surface area (Å²) >= 11 is 1.62. The van der Waals surface area contributed by atoms with Crippen LogP contribution >= 0.6 is 22.6 Å². The van der Waals surface area contributed by atoms with E-state index in [4.69, 9.17) is 0 Å². The Kier molecular flexibility index (Phi) is 6.76. The molecule has 3 nitrogen and oxygen atoms in total. The molecule has 0 bridgehead atoms. The van der Waals surface area contributed by atoms with Crippen LogP contribution < -0.4 is 5.32 Å². The standard InChI is InChI=1S/C17H17F3INO2/c1-5-6-9(2)14(17(18,19)20)22-16(24)13-8-7-12(15(21)23)10(3)11(13)4/h5-8,14H,1H2,2-4H3,(H,22,24)/b9-6+. The van der Waals surface area contributed by atoms with E-state index in [1.165, 1.54) is 31.2 Å². The summed E-state index contributed by atoms with van der Waals surface area (Å²) in [6.07, 6.45) is -2.19. The van der Waals surface area contributed by atoms with Gasteiger partial charge in [0.2, 0.25) is 3.79 Å². The molecule has 1 unspecified atom stereocenters. The summed E-state index contributed by atoms with van der Waals surface area (Å²) in [5.41, 5.74) is 1.51. The predicted octanol–water partition coefficient (Wildman–Crippen LogP) is 4.67. The van der Waals surface area contributed by atoms with Crippen LogP contribution in [0.15, 0.2) is 36.4 Å². The molecular formula is C17H17F3INO2. The highest BCUT2D eigenvalue weighted by molar-refractivity contribution is 14.1. The minimum atomic E-state index is -4.62. The van der Waals surface area contributed by atoms with Crippen molar-refractivity contribution in [3.05, 3.63) is 58.7 Å². The number of halogens is 4. The molecule has 7 heteroatoms. The third-order valence-corrected chi connectivity index (χ3v) is 4.26. The van der Waals surface area contributed by atoms with Gasteiger partial charge in [-0.2, -0.15) is 13.2 Å². The Morgan fingerprint density at radius 2 is 1.71 bits per heavy atom. The molecule has 0 aliphatic rings. The molecule has 130 valence electrons. The van der Waals surface area contributed by atoms with Gasteiger partial charge in [0.15, 0.2) is 0 Å². The Balaban J connectivity index is 3.22. The molecule has 0 saturated carbocycles. The van der Waals surface area contributed by atoms with E-state index in [-0.39, 0.29) is 14.9 Å². The van der Waals surface area contributed by atoms with E-state index in [1.807, 2.05) is 5.32 Å². The monoisotopic (exact) mass is 451 g/mol. The number of benzene rings is 1. The van der Waals surface area contributed by atoms with E-state index in [0.717, 1.165) is 0 Å². The second-order valence-corrected chi connectivity index (χ2v) is 6.26. The number of hydrogen-bond donors (Lipinski definition) is 1. The molecule has 1 rings (SSSR count). The zero-order valence-electron chi connectivity index (χ0n) is 13.4. The molecule has 1 atom stereocenters. The zero-order valence-corrected chi connectivity index (χ0v) is 15.6. The van der Waals surface area contributed by atoms with Crippen molar-refractivity contribution in [3.8, 4) is 0 Å². The van der Waals surface area contributed by atoms with E-state index >= 15 is 0 Å². The minimum Gasteiger partial charge on any atom is -0.337 e. The van der Waals surface area contributed by atoms with Crippen LogP contribution in [0.4, 0.5) is 13.2 Å². The summed E-state index contributed by atoms with van der Waals surface area (Å²) in [7, 11) is 0. The van der Waals surface area contributed by atoms with Gasteiger partial charge in [-0.1, -0.05) is 18.7 Å². The lowest BCUT2D eigenvalue weighted by molar-refractivity contribution is -0.144. The second kappa shape index (κ2) is 7.96. The minimum absolute atomic E-state index is 0.0701. The SMILES string of the molecule is C=C/C=C(\C)C(NC(=O)c1ccc(C(=O)I)c(C)c1C)C(F)(F)F. The zero-order chi connectivity index (χ0) is 18.7. The molecule has 1 amide bonds. The molecule has 1 aromatic carbocycles. The molecule has 0 saturated heterocycles. The Bertz CT molecular complexity index is 709. The number of carbonyl (C=O) groups is 2. The molecule has 0 spiro atoms. The number of hydrogen-bond acceptors (Lipinski definition) is 2. The van der Waals surface area contributed by atoms with Gasteiger partial charge in [-0.15, -0.1) is 0 Å². The first-order valence-corrected chi connectivity index (χ1v) is 8.05. The molecule has 0 aliphatic heterocycles. The maximum absolute atomic E-state index is 13.2. The molecule has 0 aliphatic carbocycles. The van der Waals surface area contributed by atoms with Crippen LogP contribution in [0, 0.1) is 13.8 Å². The largest absolute Gasteiger partial charge is 0.412 e. The van der Waals surface area contributed by atoms with Gasteiger partial charge < -0.3 is 5.32 Å². The van der Waals surface area contributed by atoms with Gasteiger partial charge in [-0.25, -0.2) is 0 Å². The summed E-state index contributed by atoms with van der Waals surface area (Å²) in [6.45, 7) is 7.89. The van der Waals surface area contributed by atoms with Gasteiger partial charge in [-0.3, -0.25) is 9.59 Å². The van der Waals surface area contributed by atoms with Crippen molar-refractivity contribution in [2.75, 3.05) is 0 Å². The normalized spacial score (nSPS) is 13.4. The maximum Gasteiger partial charge on any atom is 0.412 e. The molecular weight excluding hydrogens is 434 g/mol. The van der Waals surface area contributed by atoms with E-state index < -0.39 is 18.1 Å². The van der Waals surface area contributed by atoms with Gasteiger partial charge in [0.1, 0.15) is 6.04 Å². The average molecular weight is 451 g/mol. The Morgan fingerprint density at radius 1 is 1.21 bits per heavy atom. The van der Waals surface area contributed by atoms with Crippen LogP contribution in [0.5, 0.6) is 0 Å². The number of rotatable bonds is 5. The summed E-state index contributed by atoms with van der Waals surface area (Å²) in [4.78, 5) is 23.8. The van der Waals surface area contributed by atoms with Gasteiger partial charge >= 0.3 is 6.18 Å². The fourth-order valence-electron chi connectivity index (χ4n) is 2.22. The molecule has 1 aromatic rings. The second-order valence-electron chi connectivity index (χ2n) is 5.28. The van der Waals surface area contributed by atoms with Crippen molar-refractivity contribution in [1.82, 2.24) is 5.32 Å². The first-order chi connectivity index (χ1) is 11.0. The number of allylic oxidation sites excluding steroid dienone is 2. The van der Waals surface area contributed by atoms with Crippen molar-refractivity contribution in [1.29, 1.82) is 0 Å². The van der Waals surface area contributed by atoms with Gasteiger partial charge in [-0.05, 0) is 49.6 Å². The number of alkyl halides is 3. The van der Waals surface area contributed by atoms with E-state index in [9.17, 15) is 22.8 Å². The predicted molar refractivity (Wildman–Crippen MR) is 95.5 cm³/mol. The van der Waals surface area contributed by atoms with Gasteiger partial charge in [0.25, 0.3) is 5.91 Å². The molecule has 0 fully saturated rings. The van der Waals surface area contributed by atoms with Crippen LogP contribution in [0.3, 0.4) is 0 Å². The topological polar surface area (TPSA) is 46.2 Å². The summed E-state index contributed by atoms with van der Waals surface area (Å²) < 4.78 is 39.4. The van der Waals surface area contributed by atoms with Crippen molar-refractivity contribution in [2.45, 2.75) is 33.0 Å². The lowest BCUT2D eigenvalue weighted by Crippen LogP contribution is -2.46. The van der Waals surface area contributed by atoms with Crippen molar-refractivity contribution in [3.63, 3.8) is 0 Å². The van der Waals surface area contributed by atoms with Crippen LogP contribution in [-0.4, -0.2) is 21.9 Å². The highest BCUT2D eigenvalue weighted by Gasteiger charge is 2.41. The van der Waals surface area contributed by atoms with E-state index in [1.54, 1.807) is 36.4 Å². The third-order valence-electron chi connectivity index (χ3n) is 3.68. The van der Waals surface area contributed by atoms with Crippen LogP contribution in [-0.2, 0) is 0 Å². The lowest BCUT2D eigenvalue weighted by atomic mass is 9.97.